The molecule has 0 saturated carbocycles. The average molecular weight is 232 g/mol. The number of aldehydes is 2. The highest BCUT2D eigenvalue weighted by molar-refractivity contribution is 5.91. The van der Waals surface area contributed by atoms with Crippen LogP contribution >= 0.6 is 0 Å². The second kappa shape index (κ2) is 4.08. The first-order chi connectivity index (χ1) is 7.95. The second-order valence-electron chi connectivity index (χ2n) is 5.66. The number of carbonyl (C=O) groups excluding carboxylic acids is 2. The van der Waals surface area contributed by atoms with Gasteiger partial charge in [-0.3, -0.25) is 9.59 Å². The van der Waals surface area contributed by atoms with Crippen molar-refractivity contribution in [2.75, 3.05) is 21.1 Å². The number of rotatable bonds is 3. The molecule has 0 unspecified atom stereocenters. The summed E-state index contributed by atoms with van der Waals surface area (Å²) < 4.78 is 0.904. The quantitative estimate of drug-likeness (QED) is 0.584. The highest BCUT2D eigenvalue weighted by Gasteiger charge is 2.31. The molecule has 0 spiro atoms. The van der Waals surface area contributed by atoms with E-state index >= 15 is 0 Å². The summed E-state index contributed by atoms with van der Waals surface area (Å²) >= 11 is 0. The van der Waals surface area contributed by atoms with Crippen LogP contribution in [0.5, 0.6) is 0 Å². The fourth-order valence-corrected chi connectivity index (χ4v) is 2.44. The molecule has 0 amide bonds. The third-order valence-corrected chi connectivity index (χ3v) is 3.67. The van der Waals surface area contributed by atoms with Crippen molar-refractivity contribution in [1.82, 2.24) is 0 Å². The number of hydrogen-bond donors (Lipinski definition) is 0. The van der Waals surface area contributed by atoms with Gasteiger partial charge in [-0.25, -0.2) is 0 Å². The standard InChI is InChI=1S/C14H18NO2/c1-15(2,3)14-6-10-4-12(8-16)13(9-17)5-11(10)7-14/h4-5,8-9,14H,6-7H2,1-3H3/q+1. The summed E-state index contributed by atoms with van der Waals surface area (Å²) in [6, 6.07) is 4.29. The van der Waals surface area contributed by atoms with Crippen LogP contribution in [0, 0.1) is 0 Å². The first-order valence-corrected chi connectivity index (χ1v) is 5.83. The van der Waals surface area contributed by atoms with Crippen LogP contribution in [0.1, 0.15) is 31.8 Å². The molecule has 3 heteroatoms. The Morgan fingerprint density at radius 1 is 1.00 bits per heavy atom. The molecule has 3 nitrogen and oxygen atoms in total. The van der Waals surface area contributed by atoms with Gasteiger partial charge < -0.3 is 4.48 Å². The van der Waals surface area contributed by atoms with Crippen LogP contribution in [0.15, 0.2) is 12.1 Å². The van der Waals surface area contributed by atoms with Gasteiger partial charge >= 0.3 is 0 Å². The molecular weight excluding hydrogens is 214 g/mol. The average Bonchev–Trinajstić information content (AvgIpc) is 2.69. The molecular formula is C14H18NO2+. The van der Waals surface area contributed by atoms with Crippen LogP contribution in [0.4, 0.5) is 0 Å². The minimum atomic E-state index is 0.515. The zero-order valence-electron chi connectivity index (χ0n) is 10.6. The maximum absolute atomic E-state index is 10.9. The lowest BCUT2D eigenvalue weighted by atomic mass is 10.0. The number of fused-ring (bicyclic) bond motifs is 1. The molecule has 2 rings (SSSR count). The fourth-order valence-electron chi connectivity index (χ4n) is 2.44. The van der Waals surface area contributed by atoms with Gasteiger partial charge in [0, 0.05) is 24.0 Å². The third-order valence-electron chi connectivity index (χ3n) is 3.67. The zero-order chi connectivity index (χ0) is 12.6. The summed E-state index contributed by atoms with van der Waals surface area (Å²) in [6.45, 7) is 0. The zero-order valence-corrected chi connectivity index (χ0v) is 10.6. The number of carbonyl (C=O) groups is 2. The lowest BCUT2D eigenvalue weighted by Gasteiger charge is -2.31. The van der Waals surface area contributed by atoms with Crippen molar-refractivity contribution in [1.29, 1.82) is 0 Å². The second-order valence-corrected chi connectivity index (χ2v) is 5.66. The van der Waals surface area contributed by atoms with Crippen molar-refractivity contribution >= 4 is 12.6 Å². The van der Waals surface area contributed by atoms with Crippen molar-refractivity contribution in [2.24, 2.45) is 0 Å². The highest BCUT2D eigenvalue weighted by Crippen LogP contribution is 2.28. The van der Waals surface area contributed by atoms with E-state index in [1.54, 1.807) is 0 Å². The maximum atomic E-state index is 10.9. The Bertz CT molecular complexity index is 435. The van der Waals surface area contributed by atoms with E-state index in [0.29, 0.717) is 17.2 Å². The summed E-state index contributed by atoms with van der Waals surface area (Å²) in [7, 11) is 6.54. The third kappa shape index (κ3) is 2.15. The van der Waals surface area contributed by atoms with Crippen LogP contribution in [0.3, 0.4) is 0 Å². The fraction of sp³-hybridized carbons (Fsp3) is 0.429. The Balaban J connectivity index is 2.39. The van der Waals surface area contributed by atoms with Gasteiger partial charge in [-0.2, -0.15) is 0 Å². The molecule has 0 atom stereocenters. The number of quaternary nitrogens is 1. The van der Waals surface area contributed by atoms with Crippen LogP contribution in [-0.2, 0) is 12.8 Å². The van der Waals surface area contributed by atoms with Gasteiger partial charge in [-0.1, -0.05) is 0 Å². The van der Waals surface area contributed by atoms with Crippen molar-refractivity contribution in [2.45, 2.75) is 18.9 Å². The lowest BCUT2D eigenvalue weighted by Crippen LogP contribution is -2.45. The van der Waals surface area contributed by atoms with Gasteiger partial charge in [0.1, 0.15) is 0 Å². The van der Waals surface area contributed by atoms with E-state index in [1.807, 2.05) is 12.1 Å². The molecule has 17 heavy (non-hydrogen) atoms. The molecule has 1 aromatic carbocycles. The van der Waals surface area contributed by atoms with Gasteiger partial charge in [0.15, 0.2) is 12.6 Å². The molecule has 0 fully saturated rings. The molecule has 0 saturated heterocycles. The van der Waals surface area contributed by atoms with Gasteiger partial charge in [0.05, 0.1) is 27.2 Å². The molecule has 1 aromatic rings. The smallest absolute Gasteiger partial charge is 0.150 e. The predicted molar refractivity (Wildman–Crippen MR) is 66.4 cm³/mol. The van der Waals surface area contributed by atoms with E-state index in [2.05, 4.69) is 21.1 Å². The van der Waals surface area contributed by atoms with Crippen LogP contribution < -0.4 is 0 Å². The van der Waals surface area contributed by atoms with Crippen LogP contribution in [0.25, 0.3) is 0 Å². The first-order valence-electron chi connectivity index (χ1n) is 5.83. The molecule has 0 bridgehead atoms. The largest absolute Gasteiger partial charge is 0.328 e. The number of benzene rings is 1. The van der Waals surface area contributed by atoms with Crippen LogP contribution in [0.2, 0.25) is 0 Å². The minimum absolute atomic E-state index is 0.515. The van der Waals surface area contributed by atoms with Gasteiger partial charge in [0.2, 0.25) is 0 Å². The Hall–Kier alpha value is -1.48. The SMILES string of the molecule is C[N+](C)(C)C1Cc2cc(C=O)c(C=O)cc2C1. The van der Waals surface area contributed by atoms with E-state index in [0.717, 1.165) is 29.9 Å². The molecule has 0 N–H and O–H groups in total. The maximum Gasteiger partial charge on any atom is 0.150 e. The monoisotopic (exact) mass is 232 g/mol. The van der Waals surface area contributed by atoms with Crippen molar-refractivity contribution < 1.29 is 14.1 Å². The number of hydrogen-bond acceptors (Lipinski definition) is 2. The molecule has 1 aliphatic carbocycles. The summed E-state index contributed by atoms with van der Waals surface area (Å²) in [4.78, 5) is 21.8. The van der Waals surface area contributed by atoms with E-state index < -0.39 is 0 Å². The Labute approximate surface area is 102 Å². The number of likely N-dealkylation sites (N-methyl/N-ethyl adjacent to an activating group) is 1. The van der Waals surface area contributed by atoms with E-state index in [4.69, 9.17) is 0 Å². The summed E-state index contributed by atoms with van der Waals surface area (Å²) in [6.07, 6.45) is 3.50. The van der Waals surface area contributed by atoms with Crippen molar-refractivity contribution in [3.05, 3.63) is 34.4 Å². The molecule has 0 aromatic heterocycles. The van der Waals surface area contributed by atoms with Gasteiger partial charge in [0.25, 0.3) is 0 Å². The Kier molecular flexibility index (Phi) is 2.87. The summed E-state index contributed by atoms with van der Waals surface area (Å²) in [5.41, 5.74) is 3.47. The van der Waals surface area contributed by atoms with Gasteiger partial charge in [-0.05, 0) is 23.3 Å². The highest BCUT2D eigenvalue weighted by atomic mass is 16.1. The minimum Gasteiger partial charge on any atom is -0.328 e. The van der Waals surface area contributed by atoms with Gasteiger partial charge in [-0.15, -0.1) is 0 Å². The van der Waals surface area contributed by atoms with Crippen molar-refractivity contribution in [3.63, 3.8) is 0 Å². The Morgan fingerprint density at radius 2 is 1.41 bits per heavy atom. The predicted octanol–water partition coefficient (Wildman–Crippen LogP) is 1.49. The summed E-state index contributed by atoms with van der Waals surface area (Å²) in [5.74, 6) is 0. The molecule has 90 valence electrons. The first kappa shape index (κ1) is 12.0. The Morgan fingerprint density at radius 3 is 1.71 bits per heavy atom. The lowest BCUT2D eigenvalue weighted by molar-refractivity contribution is -0.895. The molecule has 1 aliphatic rings. The van der Waals surface area contributed by atoms with Crippen LogP contribution in [-0.4, -0.2) is 44.2 Å². The molecule has 0 heterocycles. The molecule has 0 radical (unpaired) electrons. The van der Waals surface area contributed by atoms with E-state index in [9.17, 15) is 9.59 Å². The van der Waals surface area contributed by atoms with Crippen molar-refractivity contribution in [3.8, 4) is 0 Å². The van der Waals surface area contributed by atoms with E-state index in [-0.39, 0.29) is 0 Å². The number of nitrogens with zero attached hydrogens (tertiary/aromatic N) is 1. The summed E-state index contributed by atoms with van der Waals surface area (Å²) in [5, 5.41) is 0. The molecule has 0 aliphatic heterocycles. The topological polar surface area (TPSA) is 34.1 Å². The van der Waals surface area contributed by atoms with E-state index in [1.165, 1.54) is 11.1 Å². The normalized spacial score (nSPS) is 15.7.